The Morgan fingerprint density at radius 2 is 1.81 bits per heavy atom. The zero-order valence-electron chi connectivity index (χ0n) is 14.8. The molecule has 0 unspecified atom stereocenters. The highest BCUT2D eigenvalue weighted by atomic mass is 32.1. The SMILES string of the molecule is Cc1nc(-c2ccccn2)sc1C(=O)N1CCN(C(=O)c2ccoc2)CC1. The number of pyridine rings is 1. The molecule has 0 spiro atoms. The first-order valence-corrected chi connectivity index (χ1v) is 9.44. The Labute approximate surface area is 160 Å². The molecule has 4 heterocycles. The third kappa shape index (κ3) is 3.48. The molecule has 0 atom stereocenters. The van der Waals surface area contributed by atoms with Crippen molar-refractivity contribution < 1.29 is 14.0 Å². The maximum absolute atomic E-state index is 12.9. The zero-order valence-corrected chi connectivity index (χ0v) is 15.6. The van der Waals surface area contributed by atoms with Crippen molar-refractivity contribution in [2.45, 2.75) is 6.92 Å². The minimum atomic E-state index is -0.0674. The van der Waals surface area contributed by atoms with Crippen LogP contribution in [0.25, 0.3) is 10.7 Å². The molecule has 2 amide bonds. The predicted octanol–water partition coefficient (Wildman–Crippen LogP) is 2.70. The summed E-state index contributed by atoms with van der Waals surface area (Å²) < 4.78 is 4.97. The van der Waals surface area contributed by atoms with Gasteiger partial charge in [0.25, 0.3) is 11.8 Å². The summed E-state index contributed by atoms with van der Waals surface area (Å²) in [6.45, 7) is 3.84. The van der Waals surface area contributed by atoms with Crippen LogP contribution in [0.3, 0.4) is 0 Å². The largest absolute Gasteiger partial charge is 0.472 e. The molecule has 0 bridgehead atoms. The molecule has 7 nitrogen and oxygen atoms in total. The van der Waals surface area contributed by atoms with Gasteiger partial charge >= 0.3 is 0 Å². The second-order valence-electron chi connectivity index (χ2n) is 6.24. The first-order chi connectivity index (χ1) is 13.1. The van der Waals surface area contributed by atoms with E-state index in [0.29, 0.717) is 42.3 Å². The van der Waals surface area contributed by atoms with Crippen molar-refractivity contribution in [2.24, 2.45) is 0 Å². The van der Waals surface area contributed by atoms with Crippen molar-refractivity contribution in [3.05, 3.63) is 59.1 Å². The summed E-state index contributed by atoms with van der Waals surface area (Å²) in [5, 5.41) is 0.741. The van der Waals surface area contributed by atoms with Crippen LogP contribution < -0.4 is 0 Å². The van der Waals surface area contributed by atoms with Crippen molar-refractivity contribution in [3.63, 3.8) is 0 Å². The Kier molecular flexibility index (Phi) is 4.72. The van der Waals surface area contributed by atoms with Gasteiger partial charge in [-0.15, -0.1) is 11.3 Å². The fourth-order valence-corrected chi connectivity index (χ4v) is 4.03. The Hall–Kier alpha value is -3.00. The summed E-state index contributed by atoms with van der Waals surface area (Å²) in [5.41, 5.74) is 2.01. The maximum Gasteiger partial charge on any atom is 0.265 e. The molecule has 1 saturated heterocycles. The van der Waals surface area contributed by atoms with Crippen LogP contribution >= 0.6 is 11.3 Å². The molecule has 3 aromatic rings. The van der Waals surface area contributed by atoms with Crippen LogP contribution in [0.4, 0.5) is 0 Å². The topological polar surface area (TPSA) is 79.5 Å². The number of carbonyl (C=O) groups excluding carboxylic acids is 2. The summed E-state index contributed by atoms with van der Waals surface area (Å²) in [4.78, 5) is 38.3. The van der Waals surface area contributed by atoms with Gasteiger partial charge in [-0.05, 0) is 25.1 Å². The maximum atomic E-state index is 12.9. The Morgan fingerprint density at radius 3 is 2.44 bits per heavy atom. The van der Waals surface area contributed by atoms with Crippen LogP contribution in [0, 0.1) is 6.92 Å². The fourth-order valence-electron chi connectivity index (χ4n) is 3.02. The number of nitrogens with zero attached hydrogens (tertiary/aromatic N) is 4. The van der Waals surface area contributed by atoms with Crippen LogP contribution in [0.5, 0.6) is 0 Å². The highest BCUT2D eigenvalue weighted by molar-refractivity contribution is 7.17. The lowest BCUT2D eigenvalue weighted by molar-refractivity contribution is 0.0537. The van der Waals surface area contributed by atoms with Crippen LogP contribution in [0.15, 0.2) is 47.4 Å². The molecule has 138 valence electrons. The normalized spacial score (nSPS) is 14.4. The molecule has 0 aromatic carbocycles. The standard InChI is InChI=1S/C19H18N4O3S/c1-13-16(27-17(21-13)15-4-2-3-6-20-15)19(25)23-9-7-22(8-10-23)18(24)14-5-11-26-12-14/h2-6,11-12H,7-10H2,1H3. The Bertz CT molecular complexity index is 945. The summed E-state index contributed by atoms with van der Waals surface area (Å²) in [7, 11) is 0. The van der Waals surface area contributed by atoms with Crippen molar-refractivity contribution in [1.82, 2.24) is 19.8 Å². The monoisotopic (exact) mass is 382 g/mol. The van der Waals surface area contributed by atoms with Crippen LogP contribution in [-0.2, 0) is 0 Å². The minimum Gasteiger partial charge on any atom is -0.472 e. The molecule has 0 radical (unpaired) electrons. The van der Waals surface area contributed by atoms with E-state index in [1.165, 1.54) is 23.9 Å². The minimum absolute atomic E-state index is 0.0393. The summed E-state index contributed by atoms with van der Waals surface area (Å²) in [6.07, 6.45) is 4.64. The van der Waals surface area contributed by atoms with E-state index in [4.69, 9.17) is 4.42 Å². The van der Waals surface area contributed by atoms with Gasteiger partial charge in [0.05, 0.1) is 23.2 Å². The molecule has 0 saturated carbocycles. The Morgan fingerprint density at radius 1 is 1.07 bits per heavy atom. The average molecular weight is 382 g/mol. The first kappa shape index (κ1) is 17.4. The summed E-state index contributed by atoms with van der Waals surface area (Å²) >= 11 is 1.36. The number of hydrogen-bond donors (Lipinski definition) is 0. The highest BCUT2D eigenvalue weighted by Crippen LogP contribution is 2.27. The molecular formula is C19H18N4O3S. The van der Waals surface area contributed by atoms with Gasteiger partial charge in [0, 0.05) is 32.4 Å². The van der Waals surface area contributed by atoms with E-state index in [9.17, 15) is 9.59 Å². The van der Waals surface area contributed by atoms with Gasteiger partial charge in [0.15, 0.2) is 0 Å². The van der Waals surface area contributed by atoms with E-state index < -0.39 is 0 Å². The lowest BCUT2D eigenvalue weighted by Crippen LogP contribution is -2.50. The summed E-state index contributed by atoms with van der Waals surface area (Å²) in [5.74, 6) is -0.107. The molecule has 1 fully saturated rings. The lowest BCUT2D eigenvalue weighted by Gasteiger charge is -2.34. The highest BCUT2D eigenvalue weighted by Gasteiger charge is 2.28. The number of rotatable bonds is 3. The number of aromatic nitrogens is 2. The number of piperazine rings is 1. The molecule has 3 aromatic heterocycles. The average Bonchev–Trinajstić information content (AvgIpc) is 3.38. The van der Waals surface area contributed by atoms with Crippen molar-refractivity contribution in [3.8, 4) is 10.7 Å². The molecule has 1 aliphatic heterocycles. The van der Waals surface area contributed by atoms with E-state index in [1.54, 1.807) is 22.1 Å². The molecular weight excluding hydrogens is 364 g/mol. The Balaban J connectivity index is 1.44. The molecule has 0 aliphatic carbocycles. The van der Waals surface area contributed by atoms with Gasteiger partial charge in [-0.25, -0.2) is 4.98 Å². The number of amides is 2. The van der Waals surface area contributed by atoms with Gasteiger partial charge in [-0.1, -0.05) is 6.07 Å². The second-order valence-corrected chi connectivity index (χ2v) is 7.24. The first-order valence-electron chi connectivity index (χ1n) is 8.63. The third-order valence-corrected chi connectivity index (χ3v) is 5.67. The second kappa shape index (κ2) is 7.32. The van der Waals surface area contributed by atoms with Crippen LogP contribution in [0.2, 0.25) is 0 Å². The molecule has 4 rings (SSSR count). The number of aryl methyl sites for hydroxylation is 1. The lowest BCUT2D eigenvalue weighted by atomic mass is 10.2. The molecule has 1 aliphatic rings. The van der Waals surface area contributed by atoms with Crippen molar-refractivity contribution in [2.75, 3.05) is 26.2 Å². The van der Waals surface area contributed by atoms with Crippen LogP contribution in [-0.4, -0.2) is 57.8 Å². The van der Waals surface area contributed by atoms with Gasteiger partial charge in [-0.2, -0.15) is 0 Å². The van der Waals surface area contributed by atoms with Crippen LogP contribution in [0.1, 0.15) is 25.7 Å². The smallest absolute Gasteiger partial charge is 0.265 e. The molecule has 27 heavy (non-hydrogen) atoms. The molecule has 8 heteroatoms. The third-order valence-electron chi connectivity index (χ3n) is 4.50. The zero-order chi connectivity index (χ0) is 18.8. The number of carbonyl (C=O) groups is 2. The van der Waals surface area contributed by atoms with E-state index >= 15 is 0 Å². The quantitative estimate of drug-likeness (QED) is 0.696. The van der Waals surface area contributed by atoms with E-state index in [1.807, 2.05) is 25.1 Å². The van der Waals surface area contributed by atoms with Gasteiger partial charge in [0.1, 0.15) is 16.1 Å². The van der Waals surface area contributed by atoms with Gasteiger partial charge < -0.3 is 14.2 Å². The number of furan rings is 1. The summed E-state index contributed by atoms with van der Waals surface area (Å²) in [6, 6.07) is 7.28. The van der Waals surface area contributed by atoms with Crippen molar-refractivity contribution in [1.29, 1.82) is 0 Å². The molecule has 0 N–H and O–H groups in total. The van der Waals surface area contributed by atoms with E-state index in [2.05, 4.69) is 9.97 Å². The van der Waals surface area contributed by atoms with E-state index in [-0.39, 0.29) is 11.8 Å². The predicted molar refractivity (Wildman–Crippen MR) is 101 cm³/mol. The van der Waals surface area contributed by atoms with Gasteiger partial charge in [-0.3, -0.25) is 14.6 Å². The number of thiazole rings is 1. The van der Waals surface area contributed by atoms with Gasteiger partial charge in [0.2, 0.25) is 0 Å². The number of hydrogen-bond acceptors (Lipinski definition) is 6. The fraction of sp³-hybridized carbons (Fsp3) is 0.263. The van der Waals surface area contributed by atoms with E-state index in [0.717, 1.165) is 10.7 Å². The van der Waals surface area contributed by atoms with Crippen molar-refractivity contribution >= 4 is 23.2 Å².